The van der Waals surface area contributed by atoms with E-state index < -0.39 is 30.9 Å². The molecule has 2 saturated heterocycles. The van der Waals surface area contributed by atoms with Crippen LogP contribution in [0.3, 0.4) is 0 Å². The summed E-state index contributed by atoms with van der Waals surface area (Å²) < 4.78 is 26.1. The van der Waals surface area contributed by atoms with Crippen molar-refractivity contribution in [3.8, 4) is 23.2 Å². The quantitative estimate of drug-likeness (QED) is 0.374. The summed E-state index contributed by atoms with van der Waals surface area (Å²) in [6.07, 6.45) is -2.18. The third-order valence-corrected chi connectivity index (χ3v) is 7.06. The van der Waals surface area contributed by atoms with Crippen LogP contribution >= 0.6 is 0 Å². The second-order valence-corrected chi connectivity index (χ2v) is 9.80. The van der Waals surface area contributed by atoms with Crippen molar-refractivity contribution in [2.75, 3.05) is 56.2 Å². The molecule has 2 aliphatic rings. The van der Waals surface area contributed by atoms with Gasteiger partial charge in [-0.2, -0.15) is 5.26 Å². The SMILES string of the molecule is N#Cc1cc(-c2nccc(Nc3ccc(N4CCOCC4)cc3)n2)ccc1O[C@H]1CCN(C(=O)[C@@H](O)CO)C[C@H]1F. The zero-order valence-corrected chi connectivity index (χ0v) is 22.3. The van der Waals surface area contributed by atoms with Crippen LogP contribution in [-0.2, 0) is 9.53 Å². The molecule has 2 aromatic carbocycles. The van der Waals surface area contributed by atoms with Crippen LogP contribution in [0.2, 0.25) is 0 Å². The number of amides is 1. The van der Waals surface area contributed by atoms with Gasteiger partial charge in [-0.25, -0.2) is 14.4 Å². The molecule has 0 radical (unpaired) electrons. The van der Waals surface area contributed by atoms with Crippen LogP contribution in [0.1, 0.15) is 12.0 Å². The molecule has 5 rings (SSSR count). The molecule has 12 heteroatoms. The Labute approximate surface area is 236 Å². The summed E-state index contributed by atoms with van der Waals surface area (Å²) in [5, 5.41) is 31.6. The molecule has 0 unspecified atom stereocenters. The van der Waals surface area contributed by atoms with Gasteiger partial charge in [-0.15, -0.1) is 0 Å². The maximum atomic E-state index is 14.9. The molecule has 0 saturated carbocycles. The average molecular weight is 563 g/mol. The van der Waals surface area contributed by atoms with E-state index in [1.54, 1.807) is 30.5 Å². The monoisotopic (exact) mass is 562 g/mol. The molecule has 11 nitrogen and oxygen atoms in total. The standard InChI is InChI=1S/C29H31FN6O5/c30-23-17-36(29(39)24(38)18-37)10-8-26(23)41-25-6-1-19(15-20(25)16-31)28-32-9-7-27(34-28)33-21-2-4-22(5-3-21)35-11-13-40-14-12-35/h1-7,9,15,23-24,26,37-38H,8,10-14,17-18H2,(H,32,33,34)/t23-,24+,26+/m1/s1. The largest absolute Gasteiger partial charge is 0.486 e. The van der Waals surface area contributed by atoms with Gasteiger partial charge >= 0.3 is 0 Å². The molecule has 2 fully saturated rings. The molecule has 1 aromatic heterocycles. The molecule has 214 valence electrons. The lowest BCUT2D eigenvalue weighted by atomic mass is 10.0. The molecule has 0 aliphatic carbocycles. The number of benzene rings is 2. The van der Waals surface area contributed by atoms with Crippen LogP contribution in [0.5, 0.6) is 5.75 Å². The maximum Gasteiger partial charge on any atom is 0.253 e. The minimum absolute atomic E-state index is 0.157. The highest BCUT2D eigenvalue weighted by Crippen LogP contribution is 2.29. The first-order valence-corrected chi connectivity index (χ1v) is 13.4. The number of halogens is 1. The molecule has 0 spiro atoms. The van der Waals surface area contributed by atoms with Crippen LogP contribution in [0.25, 0.3) is 11.4 Å². The Hall–Kier alpha value is -4.31. The Bertz CT molecular complexity index is 1400. The summed E-state index contributed by atoms with van der Waals surface area (Å²) in [4.78, 5) is 24.4. The molecule has 41 heavy (non-hydrogen) atoms. The normalized spacial score (nSPS) is 19.8. The van der Waals surface area contributed by atoms with E-state index in [0.717, 1.165) is 42.6 Å². The third-order valence-electron chi connectivity index (χ3n) is 7.06. The van der Waals surface area contributed by atoms with Gasteiger partial charge in [0.25, 0.3) is 5.91 Å². The lowest BCUT2D eigenvalue weighted by molar-refractivity contribution is -0.146. The zero-order valence-electron chi connectivity index (χ0n) is 22.3. The Morgan fingerprint density at radius 1 is 1.20 bits per heavy atom. The summed E-state index contributed by atoms with van der Waals surface area (Å²) in [7, 11) is 0. The third kappa shape index (κ3) is 6.71. The van der Waals surface area contributed by atoms with E-state index in [4.69, 9.17) is 14.6 Å². The highest BCUT2D eigenvalue weighted by molar-refractivity contribution is 5.81. The molecular formula is C29H31FN6O5. The molecule has 3 atom stereocenters. The number of anilines is 3. The van der Waals surface area contributed by atoms with Crippen LogP contribution in [0, 0.1) is 11.3 Å². The number of hydrogen-bond donors (Lipinski definition) is 3. The number of aromatic nitrogens is 2. The number of carbonyl (C=O) groups excluding carboxylic acids is 1. The van der Waals surface area contributed by atoms with E-state index in [-0.39, 0.29) is 30.8 Å². The summed E-state index contributed by atoms with van der Waals surface area (Å²) >= 11 is 0. The number of nitrogens with one attached hydrogen (secondary N) is 1. The van der Waals surface area contributed by atoms with Gasteiger partial charge in [0.05, 0.1) is 31.9 Å². The first-order chi connectivity index (χ1) is 19.9. The molecule has 3 heterocycles. The van der Waals surface area contributed by atoms with Gasteiger partial charge < -0.3 is 34.8 Å². The van der Waals surface area contributed by atoms with Crippen LogP contribution < -0.4 is 15.0 Å². The predicted molar refractivity (Wildman–Crippen MR) is 149 cm³/mol. The van der Waals surface area contributed by atoms with E-state index in [1.807, 2.05) is 12.1 Å². The van der Waals surface area contributed by atoms with E-state index >= 15 is 0 Å². The fourth-order valence-electron chi connectivity index (χ4n) is 4.82. The fourth-order valence-corrected chi connectivity index (χ4v) is 4.82. The predicted octanol–water partition coefficient (Wildman–Crippen LogP) is 2.27. The number of aliphatic hydroxyl groups is 2. The molecule has 2 aliphatic heterocycles. The number of morpholine rings is 1. The Kier molecular flexibility index (Phi) is 8.88. The minimum atomic E-state index is -1.57. The molecule has 3 aromatic rings. The number of hydrogen-bond acceptors (Lipinski definition) is 10. The molecule has 1 amide bonds. The van der Waals surface area contributed by atoms with Crippen molar-refractivity contribution in [1.29, 1.82) is 5.26 Å². The zero-order chi connectivity index (χ0) is 28.8. The Balaban J connectivity index is 1.24. The average Bonchev–Trinajstić information content (AvgIpc) is 3.02. The molecule has 3 N–H and O–H groups in total. The smallest absolute Gasteiger partial charge is 0.253 e. The van der Waals surface area contributed by atoms with E-state index in [1.165, 1.54) is 0 Å². The Morgan fingerprint density at radius 3 is 2.68 bits per heavy atom. The summed E-state index contributed by atoms with van der Waals surface area (Å²) in [5.41, 5.74) is 2.79. The van der Waals surface area contributed by atoms with Gasteiger partial charge in [0.15, 0.2) is 18.1 Å². The number of aliphatic hydroxyl groups excluding tert-OH is 2. The summed E-state index contributed by atoms with van der Waals surface area (Å²) in [6, 6.07) is 16.8. The van der Waals surface area contributed by atoms with Crippen LogP contribution in [0.15, 0.2) is 54.7 Å². The van der Waals surface area contributed by atoms with Gasteiger partial charge in [0, 0.05) is 49.2 Å². The second-order valence-electron chi connectivity index (χ2n) is 9.80. The van der Waals surface area contributed by atoms with E-state index in [9.17, 15) is 19.6 Å². The fraction of sp³-hybridized carbons (Fsp3) is 0.379. The number of nitrogens with zero attached hydrogens (tertiary/aromatic N) is 5. The lowest BCUT2D eigenvalue weighted by Crippen LogP contribution is -2.52. The van der Waals surface area contributed by atoms with Crippen molar-refractivity contribution in [2.45, 2.75) is 24.8 Å². The van der Waals surface area contributed by atoms with E-state index in [0.29, 0.717) is 17.2 Å². The number of nitriles is 1. The van der Waals surface area contributed by atoms with Crippen molar-refractivity contribution >= 4 is 23.1 Å². The summed E-state index contributed by atoms with van der Waals surface area (Å²) in [5.74, 6) is 0.479. The van der Waals surface area contributed by atoms with Gasteiger partial charge in [-0.1, -0.05) is 0 Å². The molecule has 0 bridgehead atoms. The van der Waals surface area contributed by atoms with Crippen molar-refractivity contribution in [3.63, 3.8) is 0 Å². The van der Waals surface area contributed by atoms with Gasteiger partial charge in [0.2, 0.25) is 0 Å². The highest BCUT2D eigenvalue weighted by atomic mass is 19.1. The number of carbonyl (C=O) groups is 1. The van der Waals surface area contributed by atoms with E-state index in [2.05, 4.69) is 38.4 Å². The van der Waals surface area contributed by atoms with Crippen LogP contribution in [0.4, 0.5) is 21.6 Å². The minimum Gasteiger partial charge on any atom is -0.486 e. The number of rotatable bonds is 8. The van der Waals surface area contributed by atoms with Gasteiger partial charge in [-0.05, 0) is 48.5 Å². The number of ether oxygens (including phenoxy) is 2. The Morgan fingerprint density at radius 2 is 1.98 bits per heavy atom. The molecular weight excluding hydrogens is 531 g/mol. The lowest BCUT2D eigenvalue weighted by Gasteiger charge is -2.35. The number of alkyl halides is 1. The maximum absolute atomic E-state index is 14.9. The number of piperidine rings is 1. The van der Waals surface area contributed by atoms with Crippen molar-refractivity contribution in [1.82, 2.24) is 14.9 Å². The highest BCUT2D eigenvalue weighted by Gasteiger charge is 2.35. The summed E-state index contributed by atoms with van der Waals surface area (Å²) in [6.45, 7) is 2.33. The van der Waals surface area contributed by atoms with Crippen molar-refractivity contribution in [3.05, 3.63) is 60.3 Å². The van der Waals surface area contributed by atoms with Gasteiger partial charge in [0.1, 0.15) is 23.7 Å². The van der Waals surface area contributed by atoms with Crippen molar-refractivity contribution in [2.24, 2.45) is 0 Å². The topological polar surface area (TPSA) is 144 Å². The first-order valence-electron chi connectivity index (χ1n) is 13.4. The number of likely N-dealkylation sites (tertiary alicyclic amines) is 1. The second kappa shape index (κ2) is 12.9. The van der Waals surface area contributed by atoms with Gasteiger partial charge in [-0.3, -0.25) is 4.79 Å². The first kappa shape index (κ1) is 28.2. The van der Waals surface area contributed by atoms with Crippen LogP contribution in [-0.4, -0.2) is 95.4 Å². The van der Waals surface area contributed by atoms with Crippen molar-refractivity contribution < 1.29 is 28.9 Å².